The molecule has 0 saturated heterocycles. The van der Waals surface area contributed by atoms with E-state index in [0.717, 1.165) is 16.7 Å². The summed E-state index contributed by atoms with van der Waals surface area (Å²) < 4.78 is 11.5. The van der Waals surface area contributed by atoms with Crippen molar-refractivity contribution in [3.05, 3.63) is 30.0 Å². The highest BCUT2D eigenvalue weighted by atomic mass is 28.4. The third-order valence-corrected chi connectivity index (χ3v) is 4.28. The highest BCUT2D eigenvalue weighted by Gasteiger charge is 2.22. The highest BCUT2D eigenvalue weighted by molar-refractivity contribution is 6.71. The second-order valence-corrected chi connectivity index (χ2v) is 16.0. The fourth-order valence-electron chi connectivity index (χ4n) is 1.97. The Morgan fingerprint density at radius 2 is 1.67 bits per heavy atom. The molecule has 0 amide bonds. The van der Waals surface area contributed by atoms with Crippen molar-refractivity contribution in [3.8, 4) is 5.75 Å². The van der Waals surface area contributed by atoms with E-state index >= 15 is 0 Å². The number of benzene rings is 1. The summed E-state index contributed by atoms with van der Waals surface area (Å²) >= 11 is 0. The molecule has 1 N–H and O–H groups in total. The number of carbonyl (C=O) groups is 1. The van der Waals surface area contributed by atoms with Gasteiger partial charge >= 0.3 is 5.97 Å². The van der Waals surface area contributed by atoms with Gasteiger partial charge in [-0.25, -0.2) is 4.79 Å². The first-order valence-corrected chi connectivity index (χ1v) is 13.9. The molecule has 1 aromatic heterocycles. The zero-order valence-corrected chi connectivity index (χ0v) is 15.5. The molecular formula is C15H23NO3Si2. The van der Waals surface area contributed by atoms with Crippen LogP contribution in [0, 0.1) is 0 Å². The van der Waals surface area contributed by atoms with Gasteiger partial charge in [0.1, 0.15) is 11.4 Å². The molecule has 4 nitrogen and oxygen atoms in total. The molecule has 1 aromatic carbocycles. The minimum atomic E-state index is -1.88. The molecule has 0 aliphatic rings. The summed E-state index contributed by atoms with van der Waals surface area (Å²) in [5, 5.41) is 0.966. The molecular weight excluding hydrogens is 298 g/mol. The summed E-state index contributed by atoms with van der Waals surface area (Å²) in [4.78, 5) is 15.2. The molecule has 0 bridgehead atoms. The van der Waals surface area contributed by atoms with Gasteiger partial charge in [0.05, 0.1) is 0 Å². The molecule has 0 aliphatic heterocycles. The van der Waals surface area contributed by atoms with Crippen LogP contribution in [0.5, 0.6) is 5.75 Å². The average Bonchev–Trinajstić information content (AvgIpc) is 2.67. The average molecular weight is 322 g/mol. The van der Waals surface area contributed by atoms with Gasteiger partial charge in [0.15, 0.2) is 0 Å². The van der Waals surface area contributed by atoms with Crippen molar-refractivity contribution in [2.45, 2.75) is 39.3 Å². The number of hydrogen-bond acceptors (Lipinski definition) is 3. The van der Waals surface area contributed by atoms with Gasteiger partial charge in [0.25, 0.3) is 0 Å². The van der Waals surface area contributed by atoms with E-state index in [-0.39, 0.29) is 5.97 Å². The topological polar surface area (TPSA) is 51.3 Å². The lowest BCUT2D eigenvalue weighted by molar-refractivity contribution is 0.0719. The molecule has 21 heavy (non-hydrogen) atoms. The van der Waals surface area contributed by atoms with Crippen molar-refractivity contribution < 1.29 is 13.6 Å². The Bertz CT molecular complexity index is 666. The molecule has 0 radical (unpaired) electrons. The molecule has 0 aliphatic carbocycles. The van der Waals surface area contributed by atoms with E-state index in [1.807, 2.05) is 43.9 Å². The Balaban J connectivity index is 2.28. The first kappa shape index (κ1) is 15.8. The smallest absolute Gasteiger partial charge is 0.341 e. The van der Waals surface area contributed by atoms with E-state index in [4.69, 9.17) is 8.85 Å². The number of hydrogen-bond donors (Lipinski definition) is 1. The quantitative estimate of drug-likeness (QED) is 0.851. The maximum atomic E-state index is 12.1. The third-order valence-electron chi connectivity index (χ3n) is 2.64. The molecule has 114 valence electrons. The maximum Gasteiger partial charge on any atom is 0.341 e. The number of carbonyl (C=O) groups excluding carboxylic acids is 1. The van der Waals surface area contributed by atoms with Crippen LogP contribution in [0.25, 0.3) is 10.9 Å². The van der Waals surface area contributed by atoms with Crippen molar-refractivity contribution in [1.82, 2.24) is 4.98 Å². The van der Waals surface area contributed by atoms with Gasteiger partial charge in [0, 0.05) is 10.9 Å². The summed E-state index contributed by atoms with van der Waals surface area (Å²) in [5.41, 5.74) is 1.41. The van der Waals surface area contributed by atoms with Gasteiger partial charge in [-0.2, -0.15) is 0 Å². The fraction of sp³-hybridized carbons (Fsp3) is 0.400. The Morgan fingerprint density at radius 3 is 2.24 bits per heavy atom. The van der Waals surface area contributed by atoms with Gasteiger partial charge in [-0.1, -0.05) is 0 Å². The number of rotatable bonds is 4. The van der Waals surface area contributed by atoms with Crippen molar-refractivity contribution in [2.24, 2.45) is 0 Å². The van der Waals surface area contributed by atoms with Crippen LogP contribution in [0.4, 0.5) is 0 Å². The Morgan fingerprint density at radius 1 is 1.00 bits per heavy atom. The normalized spacial score (nSPS) is 12.5. The summed E-state index contributed by atoms with van der Waals surface area (Å²) in [6, 6.07) is 7.67. The van der Waals surface area contributed by atoms with Gasteiger partial charge in [-0.3, -0.25) is 0 Å². The molecule has 2 rings (SSSR count). The second kappa shape index (κ2) is 5.34. The van der Waals surface area contributed by atoms with Crippen LogP contribution in [0.3, 0.4) is 0 Å². The van der Waals surface area contributed by atoms with E-state index in [0.29, 0.717) is 5.69 Å². The predicted octanol–water partition coefficient (Wildman–Crippen LogP) is 4.37. The molecule has 0 fully saturated rings. The first-order chi connectivity index (χ1) is 9.53. The predicted molar refractivity (Wildman–Crippen MR) is 91.0 cm³/mol. The SMILES string of the molecule is C[Si](C)(C)OC(=O)c1cc2cc(O[Si](C)(C)C)ccc2[nH]1. The van der Waals surface area contributed by atoms with E-state index in [2.05, 4.69) is 24.6 Å². The molecule has 1 heterocycles. The Kier molecular flexibility index (Phi) is 4.03. The fourth-order valence-corrected chi connectivity index (χ4v) is 3.47. The number of nitrogens with one attached hydrogen (secondary N) is 1. The van der Waals surface area contributed by atoms with Crippen molar-refractivity contribution in [3.63, 3.8) is 0 Å². The van der Waals surface area contributed by atoms with E-state index in [1.165, 1.54) is 0 Å². The van der Waals surface area contributed by atoms with E-state index in [9.17, 15) is 4.79 Å². The second-order valence-electron chi connectivity index (χ2n) is 7.15. The molecule has 0 unspecified atom stereocenters. The first-order valence-electron chi connectivity index (χ1n) is 7.09. The van der Waals surface area contributed by atoms with Gasteiger partial charge in [-0.15, -0.1) is 0 Å². The molecule has 6 heteroatoms. The zero-order valence-electron chi connectivity index (χ0n) is 13.5. The monoisotopic (exact) mass is 321 g/mol. The van der Waals surface area contributed by atoms with Crippen LogP contribution < -0.4 is 4.43 Å². The van der Waals surface area contributed by atoms with Crippen LogP contribution in [0.2, 0.25) is 39.3 Å². The molecule has 2 aromatic rings. The minimum absolute atomic E-state index is 0.280. The largest absolute Gasteiger partial charge is 0.544 e. The van der Waals surface area contributed by atoms with Crippen molar-refractivity contribution in [2.75, 3.05) is 0 Å². The third kappa shape index (κ3) is 4.47. The van der Waals surface area contributed by atoms with Crippen LogP contribution >= 0.6 is 0 Å². The Labute approximate surface area is 127 Å². The summed E-state index contributed by atoms with van der Waals surface area (Å²) in [5.74, 6) is 0.573. The summed E-state index contributed by atoms with van der Waals surface area (Å²) in [7, 11) is -3.51. The molecule has 0 spiro atoms. The summed E-state index contributed by atoms with van der Waals surface area (Å²) in [6.45, 7) is 12.4. The lowest BCUT2D eigenvalue weighted by Gasteiger charge is -2.18. The van der Waals surface area contributed by atoms with Gasteiger partial charge in [-0.05, 0) is 63.5 Å². The zero-order chi connectivity index (χ0) is 15.8. The standard InChI is InChI=1S/C15H23NO3Si2/c1-20(2,3)18-12-7-8-13-11(9-12)10-14(16-13)15(17)19-21(4,5)6/h7-10,16H,1-6H3. The van der Waals surface area contributed by atoms with Crippen LogP contribution in [-0.2, 0) is 4.43 Å². The van der Waals surface area contributed by atoms with Gasteiger partial charge in [0.2, 0.25) is 16.6 Å². The number of aromatic amines is 1. The minimum Gasteiger partial charge on any atom is -0.544 e. The molecule has 0 atom stereocenters. The van der Waals surface area contributed by atoms with E-state index in [1.54, 1.807) is 0 Å². The lowest BCUT2D eigenvalue weighted by Crippen LogP contribution is -2.29. The number of aromatic nitrogens is 1. The lowest BCUT2D eigenvalue weighted by atomic mass is 10.2. The van der Waals surface area contributed by atoms with Crippen molar-refractivity contribution >= 4 is 33.5 Å². The Hall–Kier alpha value is -1.54. The van der Waals surface area contributed by atoms with Crippen LogP contribution in [0.1, 0.15) is 10.5 Å². The van der Waals surface area contributed by atoms with Crippen molar-refractivity contribution in [1.29, 1.82) is 0 Å². The number of fused-ring (bicyclic) bond motifs is 1. The van der Waals surface area contributed by atoms with Crippen LogP contribution in [0.15, 0.2) is 24.3 Å². The molecule has 0 saturated carbocycles. The highest BCUT2D eigenvalue weighted by Crippen LogP contribution is 2.24. The van der Waals surface area contributed by atoms with Gasteiger partial charge < -0.3 is 13.8 Å². The van der Waals surface area contributed by atoms with E-state index < -0.39 is 16.6 Å². The maximum absolute atomic E-state index is 12.1. The van der Waals surface area contributed by atoms with Crippen LogP contribution in [-0.4, -0.2) is 27.6 Å². The number of H-pyrrole nitrogens is 1. The summed E-state index contributed by atoms with van der Waals surface area (Å²) in [6.07, 6.45) is 0.